The number of carbonyl (C=O) groups is 1. The summed E-state index contributed by atoms with van der Waals surface area (Å²) in [4.78, 5) is 19.4. The number of hydrogen-bond donors (Lipinski definition) is 1. The van der Waals surface area contributed by atoms with Crippen molar-refractivity contribution in [1.82, 2.24) is 14.5 Å². The number of ether oxygens (including phenoxy) is 1. The molecule has 2 aromatic heterocycles. The van der Waals surface area contributed by atoms with Gasteiger partial charge in [0.15, 0.2) is 0 Å². The molecule has 0 atom stereocenters. The van der Waals surface area contributed by atoms with Crippen LogP contribution in [0.15, 0.2) is 48.8 Å². The number of para-hydroxylation sites is 1. The van der Waals surface area contributed by atoms with Crippen LogP contribution in [0.5, 0.6) is 5.88 Å². The third-order valence-corrected chi connectivity index (χ3v) is 5.09. The van der Waals surface area contributed by atoms with Crippen LogP contribution in [0.25, 0.3) is 10.9 Å². The van der Waals surface area contributed by atoms with Crippen molar-refractivity contribution < 1.29 is 9.53 Å². The van der Waals surface area contributed by atoms with Crippen molar-refractivity contribution in [1.29, 1.82) is 0 Å². The molecular weight excluding hydrogens is 340 g/mol. The van der Waals surface area contributed by atoms with Gasteiger partial charge in [-0.2, -0.15) is 0 Å². The third kappa shape index (κ3) is 3.80. The first kappa shape index (κ1) is 17.5. The molecule has 0 spiro atoms. The number of amides is 1. The van der Waals surface area contributed by atoms with Crippen LogP contribution < -0.4 is 10.1 Å². The molecule has 27 heavy (non-hydrogen) atoms. The maximum Gasteiger partial charge on any atom is 0.257 e. The van der Waals surface area contributed by atoms with Crippen LogP contribution >= 0.6 is 0 Å². The van der Waals surface area contributed by atoms with Gasteiger partial charge in [-0.1, -0.05) is 12.1 Å². The van der Waals surface area contributed by atoms with Crippen LogP contribution in [0, 0.1) is 0 Å². The van der Waals surface area contributed by atoms with Crippen LogP contribution in [0.1, 0.15) is 23.2 Å². The zero-order valence-electron chi connectivity index (χ0n) is 15.7. The van der Waals surface area contributed by atoms with Gasteiger partial charge in [-0.05, 0) is 38.1 Å². The molecule has 140 valence electrons. The summed E-state index contributed by atoms with van der Waals surface area (Å²) < 4.78 is 7.98. The van der Waals surface area contributed by atoms with Gasteiger partial charge in [0.1, 0.15) is 6.10 Å². The van der Waals surface area contributed by atoms with Crippen molar-refractivity contribution in [3.8, 4) is 5.88 Å². The molecule has 3 heterocycles. The fourth-order valence-corrected chi connectivity index (χ4v) is 3.56. The van der Waals surface area contributed by atoms with Gasteiger partial charge in [-0.15, -0.1) is 0 Å². The zero-order valence-corrected chi connectivity index (χ0v) is 15.7. The smallest absolute Gasteiger partial charge is 0.257 e. The first-order chi connectivity index (χ1) is 13.1. The summed E-state index contributed by atoms with van der Waals surface area (Å²) in [5, 5.41) is 4.02. The molecule has 6 heteroatoms. The number of hydrogen-bond acceptors (Lipinski definition) is 4. The number of pyridine rings is 1. The van der Waals surface area contributed by atoms with Crippen molar-refractivity contribution in [2.45, 2.75) is 18.9 Å². The van der Waals surface area contributed by atoms with Gasteiger partial charge in [-0.25, -0.2) is 4.98 Å². The average Bonchev–Trinajstić information content (AvgIpc) is 3.05. The van der Waals surface area contributed by atoms with Crippen molar-refractivity contribution in [2.75, 3.05) is 25.5 Å². The number of piperidine rings is 1. The van der Waals surface area contributed by atoms with Crippen molar-refractivity contribution >= 4 is 22.5 Å². The first-order valence-electron chi connectivity index (χ1n) is 9.27. The van der Waals surface area contributed by atoms with Gasteiger partial charge in [0.2, 0.25) is 5.88 Å². The molecule has 1 aromatic carbocycles. The number of aryl methyl sites for hydroxylation is 1. The van der Waals surface area contributed by atoms with Crippen LogP contribution in [0.2, 0.25) is 0 Å². The molecule has 0 aliphatic carbocycles. The summed E-state index contributed by atoms with van der Waals surface area (Å²) in [7, 11) is 4.07. The Hall–Kier alpha value is -2.86. The average molecular weight is 364 g/mol. The van der Waals surface area contributed by atoms with E-state index in [4.69, 9.17) is 4.74 Å². The molecule has 6 nitrogen and oxygen atoms in total. The number of fused-ring (bicyclic) bond motifs is 1. The molecule has 1 amide bonds. The number of rotatable bonds is 4. The fourth-order valence-electron chi connectivity index (χ4n) is 3.56. The number of anilines is 1. The maximum absolute atomic E-state index is 12.8. The van der Waals surface area contributed by atoms with E-state index in [2.05, 4.69) is 22.2 Å². The lowest BCUT2D eigenvalue weighted by molar-refractivity contribution is 0.102. The standard InChI is InChI=1S/C21H24N4O2/c1-24-11-8-17(9-12-24)27-19-14-16(6-10-22-19)23-21(26)18-5-3-4-15-7-13-25(2)20(15)18/h3-7,10,13-14,17H,8-9,11-12H2,1-2H3,(H,22,23,26). The normalized spacial score (nSPS) is 15.8. The van der Waals surface area contributed by atoms with Gasteiger partial charge in [0.05, 0.1) is 11.1 Å². The van der Waals surface area contributed by atoms with Crippen molar-refractivity contribution in [3.63, 3.8) is 0 Å². The predicted molar refractivity (Wildman–Crippen MR) is 106 cm³/mol. The molecule has 1 saturated heterocycles. The molecule has 1 fully saturated rings. The Balaban J connectivity index is 1.49. The van der Waals surface area contributed by atoms with Gasteiger partial charge < -0.3 is 19.5 Å². The number of benzene rings is 1. The highest BCUT2D eigenvalue weighted by atomic mass is 16.5. The zero-order chi connectivity index (χ0) is 18.8. The van der Waals surface area contributed by atoms with E-state index in [1.165, 1.54) is 0 Å². The maximum atomic E-state index is 12.8. The molecule has 1 N–H and O–H groups in total. The number of aromatic nitrogens is 2. The summed E-state index contributed by atoms with van der Waals surface area (Å²) >= 11 is 0. The van der Waals surface area contributed by atoms with E-state index in [0.717, 1.165) is 36.8 Å². The SMILES string of the molecule is CN1CCC(Oc2cc(NC(=O)c3cccc4ccn(C)c34)ccn2)CC1. The van der Waals surface area contributed by atoms with Gasteiger partial charge in [0, 0.05) is 49.7 Å². The second kappa shape index (κ2) is 7.40. The lowest BCUT2D eigenvalue weighted by Crippen LogP contribution is -2.35. The van der Waals surface area contributed by atoms with Gasteiger partial charge in [-0.3, -0.25) is 4.79 Å². The summed E-state index contributed by atoms with van der Waals surface area (Å²) in [6.07, 6.45) is 5.79. The first-order valence-corrected chi connectivity index (χ1v) is 9.27. The number of carbonyl (C=O) groups excluding carboxylic acids is 1. The Labute approximate surface area is 158 Å². The fraction of sp³-hybridized carbons (Fsp3) is 0.333. The Morgan fingerprint density at radius 3 is 2.81 bits per heavy atom. The Bertz CT molecular complexity index is 958. The van der Waals surface area contributed by atoms with E-state index in [1.54, 1.807) is 18.3 Å². The number of nitrogens with one attached hydrogen (secondary N) is 1. The third-order valence-electron chi connectivity index (χ3n) is 5.09. The number of likely N-dealkylation sites (tertiary alicyclic amines) is 1. The van der Waals surface area contributed by atoms with Crippen LogP contribution in [-0.4, -0.2) is 46.6 Å². The van der Waals surface area contributed by atoms with E-state index >= 15 is 0 Å². The van der Waals surface area contributed by atoms with Crippen molar-refractivity contribution in [3.05, 3.63) is 54.4 Å². The van der Waals surface area contributed by atoms with E-state index in [9.17, 15) is 4.79 Å². The summed E-state index contributed by atoms with van der Waals surface area (Å²) in [5.41, 5.74) is 2.26. The Kier molecular flexibility index (Phi) is 4.81. The van der Waals surface area contributed by atoms with Gasteiger partial charge >= 0.3 is 0 Å². The molecule has 0 bridgehead atoms. The Morgan fingerprint density at radius 2 is 2.00 bits per heavy atom. The van der Waals surface area contributed by atoms with Gasteiger partial charge in [0.25, 0.3) is 5.91 Å². The minimum atomic E-state index is -0.140. The second-order valence-electron chi connectivity index (χ2n) is 7.13. The number of nitrogens with zero attached hydrogens (tertiary/aromatic N) is 3. The molecule has 0 unspecified atom stereocenters. The molecule has 1 aliphatic heterocycles. The largest absolute Gasteiger partial charge is 0.474 e. The second-order valence-corrected chi connectivity index (χ2v) is 7.13. The quantitative estimate of drug-likeness (QED) is 0.772. The summed E-state index contributed by atoms with van der Waals surface area (Å²) in [6.45, 7) is 2.06. The molecule has 0 saturated carbocycles. The molecular formula is C21H24N4O2. The molecule has 3 aromatic rings. The minimum absolute atomic E-state index is 0.140. The van der Waals surface area contributed by atoms with E-state index in [0.29, 0.717) is 17.1 Å². The molecule has 1 aliphatic rings. The monoisotopic (exact) mass is 364 g/mol. The topological polar surface area (TPSA) is 59.4 Å². The van der Waals surface area contributed by atoms with Crippen LogP contribution in [-0.2, 0) is 7.05 Å². The highest BCUT2D eigenvalue weighted by Crippen LogP contribution is 2.23. The molecule has 0 radical (unpaired) electrons. The highest BCUT2D eigenvalue weighted by Gasteiger charge is 2.19. The minimum Gasteiger partial charge on any atom is -0.474 e. The summed E-state index contributed by atoms with van der Waals surface area (Å²) in [5.74, 6) is 0.415. The van der Waals surface area contributed by atoms with E-state index < -0.39 is 0 Å². The lowest BCUT2D eigenvalue weighted by Gasteiger charge is -2.28. The van der Waals surface area contributed by atoms with Crippen molar-refractivity contribution in [2.24, 2.45) is 7.05 Å². The molecule has 4 rings (SSSR count). The highest BCUT2D eigenvalue weighted by molar-refractivity contribution is 6.12. The Morgan fingerprint density at radius 1 is 1.19 bits per heavy atom. The van der Waals surface area contributed by atoms with E-state index in [-0.39, 0.29) is 12.0 Å². The summed E-state index contributed by atoms with van der Waals surface area (Å²) in [6, 6.07) is 11.3. The van der Waals surface area contributed by atoms with Crippen LogP contribution in [0.3, 0.4) is 0 Å². The lowest BCUT2D eigenvalue weighted by atomic mass is 10.1. The van der Waals surface area contributed by atoms with Crippen LogP contribution in [0.4, 0.5) is 5.69 Å². The van der Waals surface area contributed by atoms with E-state index in [1.807, 2.05) is 42.1 Å². The predicted octanol–water partition coefficient (Wildman–Crippen LogP) is 3.30.